The Labute approximate surface area is 92.3 Å². The summed E-state index contributed by atoms with van der Waals surface area (Å²) in [6, 6.07) is 1.28. The molecule has 1 aliphatic heterocycles. The molecular weight excluding hydrogens is 196 g/mol. The number of nitrogens with zero attached hydrogens (tertiary/aromatic N) is 1. The van der Waals surface area contributed by atoms with Crippen LogP contribution in [0.25, 0.3) is 0 Å². The van der Waals surface area contributed by atoms with Gasteiger partial charge < -0.3 is 0 Å². The number of nitrogens with one attached hydrogen (secondary N) is 1. The van der Waals surface area contributed by atoms with Crippen LogP contribution in [0, 0.1) is 0 Å². The lowest BCUT2D eigenvalue weighted by Gasteiger charge is -2.39. The van der Waals surface area contributed by atoms with Gasteiger partial charge in [0, 0.05) is 24.2 Å². The summed E-state index contributed by atoms with van der Waals surface area (Å²) in [6.07, 6.45) is 3.94. The highest BCUT2D eigenvalue weighted by Gasteiger charge is 2.23. The molecule has 0 aromatic heterocycles. The first-order valence-electron chi connectivity index (χ1n) is 5.43. The Morgan fingerprint density at radius 1 is 1.43 bits per heavy atom. The second-order valence-electron chi connectivity index (χ2n) is 4.33. The quantitative estimate of drug-likeness (QED) is 0.781. The van der Waals surface area contributed by atoms with Gasteiger partial charge in [0.15, 0.2) is 0 Å². The summed E-state index contributed by atoms with van der Waals surface area (Å²) in [4.78, 5) is 0. The van der Waals surface area contributed by atoms with Gasteiger partial charge in [-0.15, -0.1) is 0 Å². The fourth-order valence-corrected chi connectivity index (χ4v) is 2.06. The minimum absolute atomic E-state index is 0.641. The van der Waals surface area contributed by atoms with E-state index in [9.17, 15) is 0 Å². The lowest BCUT2D eigenvalue weighted by atomic mass is 10.00. The van der Waals surface area contributed by atoms with Crippen molar-refractivity contribution in [2.45, 2.75) is 52.1 Å². The molecule has 0 aliphatic carbocycles. The van der Waals surface area contributed by atoms with Crippen LogP contribution in [0.2, 0.25) is 0 Å². The fourth-order valence-electron chi connectivity index (χ4n) is 1.99. The summed E-state index contributed by atoms with van der Waals surface area (Å²) in [5.74, 6) is 0. The molecule has 1 rings (SSSR count). The zero-order valence-electron chi connectivity index (χ0n) is 9.39. The van der Waals surface area contributed by atoms with Gasteiger partial charge >= 0.3 is 0 Å². The van der Waals surface area contributed by atoms with Crippen molar-refractivity contribution in [2.24, 2.45) is 0 Å². The molecule has 1 N–H and O–H groups in total. The molecule has 2 atom stereocenters. The molecule has 14 heavy (non-hydrogen) atoms. The molecule has 1 saturated heterocycles. The van der Waals surface area contributed by atoms with E-state index < -0.39 is 0 Å². The minimum atomic E-state index is 0.641. The Morgan fingerprint density at radius 3 is 2.50 bits per heavy atom. The van der Waals surface area contributed by atoms with Crippen molar-refractivity contribution in [1.82, 2.24) is 10.4 Å². The molecule has 2 unspecified atom stereocenters. The first-order chi connectivity index (χ1) is 6.65. The Bertz CT molecular complexity index is 193. The summed E-state index contributed by atoms with van der Waals surface area (Å²) >= 11 is 5.62. The van der Waals surface area contributed by atoms with Gasteiger partial charge in [-0.05, 0) is 39.2 Å². The van der Waals surface area contributed by atoms with Crippen LogP contribution in [0.3, 0.4) is 0 Å². The second-order valence-corrected chi connectivity index (χ2v) is 4.54. The van der Waals surface area contributed by atoms with E-state index in [1.807, 2.05) is 6.92 Å². The Hall–Kier alpha value is -0.0500. The van der Waals surface area contributed by atoms with Crippen molar-refractivity contribution in [1.29, 1.82) is 0 Å². The number of hydrazine groups is 1. The van der Waals surface area contributed by atoms with E-state index in [2.05, 4.69) is 24.3 Å². The standard InChI is InChI=1S/C11H21ClN2/c1-9(7-12)8-13-14-10(2)5-4-6-11(14)3/h7,10-11,13H,4-6,8H2,1-3H3. The molecular formula is C11H21ClN2. The van der Waals surface area contributed by atoms with Gasteiger partial charge in [-0.2, -0.15) is 0 Å². The molecule has 0 amide bonds. The molecule has 82 valence electrons. The lowest BCUT2D eigenvalue weighted by Crippen LogP contribution is -2.52. The molecule has 0 spiro atoms. The van der Waals surface area contributed by atoms with Crippen LogP contribution in [0.5, 0.6) is 0 Å². The van der Waals surface area contributed by atoms with Gasteiger partial charge in [0.05, 0.1) is 0 Å². The number of hydrogen-bond acceptors (Lipinski definition) is 2. The van der Waals surface area contributed by atoms with E-state index in [0.29, 0.717) is 12.1 Å². The molecule has 0 aromatic rings. The highest BCUT2D eigenvalue weighted by atomic mass is 35.5. The number of piperidine rings is 1. The molecule has 1 aliphatic rings. The highest BCUT2D eigenvalue weighted by Crippen LogP contribution is 2.20. The molecule has 0 radical (unpaired) electrons. The van der Waals surface area contributed by atoms with E-state index in [0.717, 1.165) is 6.54 Å². The topological polar surface area (TPSA) is 15.3 Å². The molecule has 3 heteroatoms. The van der Waals surface area contributed by atoms with Crippen molar-refractivity contribution in [3.63, 3.8) is 0 Å². The maximum Gasteiger partial charge on any atom is 0.0321 e. The van der Waals surface area contributed by atoms with Gasteiger partial charge in [-0.1, -0.05) is 18.0 Å². The van der Waals surface area contributed by atoms with E-state index in [-0.39, 0.29) is 0 Å². The van der Waals surface area contributed by atoms with Crippen LogP contribution in [0.1, 0.15) is 40.0 Å². The Morgan fingerprint density at radius 2 is 2.00 bits per heavy atom. The van der Waals surface area contributed by atoms with Gasteiger partial charge in [0.25, 0.3) is 0 Å². The van der Waals surface area contributed by atoms with Crippen molar-refractivity contribution >= 4 is 11.6 Å². The van der Waals surface area contributed by atoms with Crippen LogP contribution in [0.15, 0.2) is 11.1 Å². The molecule has 0 saturated carbocycles. The number of rotatable bonds is 3. The van der Waals surface area contributed by atoms with E-state index in [1.165, 1.54) is 24.8 Å². The van der Waals surface area contributed by atoms with E-state index >= 15 is 0 Å². The highest BCUT2D eigenvalue weighted by molar-refractivity contribution is 6.25. The summed E-state index contributed by atoms with van der Waals surface area (Å²) in [5.41, 5.74) is 6.27. The molecule has 1 fully saturated rings. The van der Waals surface area contributed by atoms with Crippen LogP contribution in [0.4, 0.5) is 0 Å². The third-order valence-electron chi connectivity index (χ3n) is 2.92. The largest absolute Gasteiger partial charge is 0.251 e. The zero-order chi connectivity index (χ0) is 10.6. The molecule has 1 heterocycles. The monoisotopic (exact) mass is 216 g/mol. The van der Waals surface area contributed by atoms with Crippen LogP contribution in [-0.4, -0.2) is 23.6 Å². The summed E-state index contributed by atoms with van der Waals surface area (Å²) in [6.45, 7) is 7.46. The third kappa shape index (κ3) is 3.26. The van der Waals surface area contributed by atoms with Crippen LogP contribution < -0.4 is 5.43 Å². The number of halogens is 1. The van der Waals surface area contributed by atoms with Gasteiger partial charge in [0.2, 0.25) is 0 Å². The first kappa shape index (κ1) is 12.0. The summed E-state index contributed by atoms with van der Waals surface area (Å²) in [5, 5.41) is 2.37. The van der Waals surface area contributed by atoms with Crippen molar-refractivity contribution in [2.75, 3.05) is 6.54 Å². The lowest BCUT2D eigenvalue weighted by molar-refractivity contribution is 0.0503. The van der Waals surface area contributed by atoms with E-state index in [1.54, 1.807) is 5.54 Å². The molecule has 2 nitrogen and oxygen atoms in total. The third-order valence-corrected chi connectivity index (χ3v) is 3.29. The van der Waals surface area contributed by atoms with Crippen molar-refractivity contribution < 1.29 is 0 Å². The summed E-state index contributed by atoms with van der Waals surface area (Å²) in [7, 11) is 0. The first-order valence-corrected chi connectivity index (χ1v) is 5.86. The average Bonchev–Trinajstić information content (AvgIpc) is 2.16. The Kier molecular flexibility index (Phi) is 4.93. The summed E-state index contributed by atoms with van der Waals surface area (Å²) < 4.78 is 0. The average molecular weight is 217 g/mol. The minimum Gasteiger partial charge on any atom is -0.251 e. The second kappa shape index (κ2) is 5.74. The van der Waals surface area contributed by atoms with E-state index in [4.69, 9.17) is 11.6 Å². The maximum atomic E-state index is 5.62. The predicted octanol–water partition coefficient (Wildman–Crippen LogP) is 2.90. The smallest absolute Gasteiger partial charge is 0.0321 e. The van der Waals surface area contributed by atoms with Crippen molar-refractivity contribution in [3.8, 4) is 0 Å². The molecule has 0 bridgehead atoms. The van der Waals surface area contributed by atoms with Crippen LogP contribution >= 0.6 is 11.6 Å². The van der Waals surface area contributed by atoms with Gasteiger partial charge in [-0.3, -0.25) is 5.43 Å². The normalized spacial score (nSPS) is 30.7. The van der Waals surface area contributed by atoms with Gasteiger partial charge in [-0.25, -0.2) is 5.01 Å². The van der Waals surface area contributed by atoms with Gasteiger partial charge in [0.1, 0.15) is 0 Å². The SMILES string of the molecule is CC(=CCl)CNN1C(C)CCCC1C. The van der Waals surface area contributed by atoms with Crippen LogP contribution in [-0.2, 0) is 0 Å². The maximum absolute atomic E-state index is 5.62. The predicted molar refractivity (Wildman–Crippen MR) is 62.2 cm³/mol. The number of hydrogen-bond donors (Lipinski definition) is 1. The Balaban J connectivity index is 2.40. The fraction of sp³-hybridized carbons (Fsp3) is 0.818. The zero-order valence-corrected chi connectivity index (χ0v) is 10.1. The molecule has 0 aromatic carbocycles. The van der Waals surface area contributed by atoms with Crippen molar-refractivity contribution in [3.05, 3.63) is 11.1 Å².